The van der Waals surface area contributed by atoms with Crippen LogP contribution in [0.2, 0.25) is 0 Å². The molecule has 3 aromatic rings. The fourth-order valence-corrected chi connectivity index (χ4v) is 5.06. The number of aryl methyl sites for hydroxylation is 1. The number of pyridine rings is 1. The average molecular weight is 392 g/mol. The third kappa shape index (κ3) is 3.55. The van der Waals surface area contributed by atoms with Gasteiger partial charge in [-0.2, -0.15) is 0 Å². The van der Waals surface area contributed by atoms with Crippen molar-refractivity contribution in [3.05, 3.63) is 94.8 Å². The number of carbonyl (C=O) groups excluding carboxylic acids is 1. The summed E-state index contributed by atoms with van der Waals surface area (Å²) in [6.07, 6.45) is 1.79. The summed E-state index contributed by atoms with van der Waals surface area (Å²) < 4.78 is 26.0. The van der Waals surface area contributed by atoms with Crippen LogP contribution in [0.15, 0.2) is 71.8 Å². The lowest BCUT2D eigenvalue weighted by Crippen LogP contribution is -2.27. The summed E-state index contributed by atoms with van der Waals surface area (Å²) in [5.74, 6) is -0.414. The van der Waals surface area contributed by atoms with Gasteiger partial charge in [0.2, 0.25) is 0 Å². The van der Waals surface area contributed by atoms with E-state index < -0.39 is 9.84 Å². The van der Waals surface area contributed by atoms with E-state index in [1.165, 1.54) is 6.07 Å². The van der Waals surface area contributed by atoms with Crippen molar-refractivity contribution in [2.45, 2.75) is 30.7 Å². The summed E-state index contributed by atoms with van der Waals surface area (Å²) in [4.78, 5) is 19.2. The third-order valence-corrected chi connectivity index (χ3v) is 6.62. The molecule has 5 nitrogen and oxygen atoms in total. The summed E-state index contributed by atoms with van der Waals surface area (Å²) in [7, 11) is -3.65. The van der Waals surface area contributed by atoms with E-state index in [0.717, 1.165) is 16.8 Å². The Balaban J connectivity index is 1.64. The van der Waals surface area contributed by atoms with Crippen molar-refractivity contribution in [3.8, 4) is 0 Å². The number of amides is 1. The van der Waals surface area contributed by atoms with Gasteiger partial charge in [-0.1, -0.05) is 42.5 Å². The maximum atomic E-state index is 13.2. The van der Waals surface area contributed by atoms with E-state index in [9.17, 15) is 13.2 Å². The molecule has 2 heterocycles. The number of aromatic nitrogens is 1. The number of hydrogen-bond acceptors (Lipinski definition) is 4. The second-order valence-corrected chi connectivity index (χ2v) is 8.95. The van der Waals surface area contributed by atoms with Crippen molar-refractivity contribution in [1.29, 1.82) is 0 Å². The molecule has 4 rings (SSSR count). The number of carbonyl (C=O) groups is 1. The molecule has 0 saturated heterocycles. The zero-order chi connectivity index (χ0) is 19.7. The molecule has 0 atom stereocenters. The first kappa shape index (κ1) is 18.4. The molecule has 1 aliphatic heterocycles. The van der Waals surface area contributed by atoms with Gasteiger partial charge in [-0.3, -0.25) is 9.78 Å². The van der Waals surface area contributed by atoms with Crippen LogP contribution in [0.4, 0.5) is 0 Å². The largest absolute Gasteiger partial charge is 0.330 e. The van der Waals surface area contributed by atoms with E-state index in [0.29, 0.717) is 18.7 Å². The maximum absolute atomic E-state index is 13.2. The summed E-state index contributed by atoms with van der Waals surface area (Å²) in [5, 5.41) is 0. The summed E-state index contributed by atoms with van der Waals surface area (Å²) >= 11 is 0. The molecule has 0 unspecified atom stereocenters. The van der Waals surface area contributed by atoms with E-state index in [2.05, 4.69) is 4.98 Å². The standard InChI is InChI=1S/C22H20N2O3S/c1-16-11-18-13-24(14-19(18)12-23-16)22(25)20-9-5-6-10-21(20)28(26,27)15-17-7-3-2-4-8-17/h2-12H,13-15H2,1H3. The predicted octanol–water partition coefficient (Wildman–Crippen LogP) is 3.52. The lowest BCUT2D eigenvalue weighted by atomic mass is 10.2. The van der Waals surface area contributed by atoms with Gasteiger partial charge < -0.3 is 4.90 Å². The van der Waals surface area contributed by atoms with Crippen molar-refractivity contribution >= 4 is 15.7 Å². The van der Waals surface area contributed by atoms with Crippen molar-refractivity contribution in [3.63, 3.8) is 0 Å². The zero-order valence-corrected chi connectivity index (χ0v) is 16.3. The van der Waals surface area contributed by atoms with Gasteiger partial charge in [0.1, 0.15) is 0 Å². The van der Waals surface area contributed by atoms with Gasteiger partial charge in [-0.05, 0) is 41.8 Å². The van der Waals surface area contributed by atoms with Gasteiger partial charge in [-0.15, -0.1) is 0 Å². The average Bonchev–Trinajstić information content (AvgIpc) is 3.11. The first-order valence-electron chi connectivity index (χ1n) is 9.03. The van der Waals surface area contributed by atoms with Gasteiger partial charge in [0.25, 0.3) is 5.91 Å². The minimum absolute atomic E-state index is 0.0779. The predicted molar refractivity (Wildman–Crippen MR) is 106 cm³/mol. The minimum atomic E-state index is -3.65. The highest BCUT2D eigenvalue weighted by Crippen LogP contribution is 2.27. The lowest BCUT2D eigenvalue weighted by molar-refractivity contribution is 0.0747. The first-order valence-corrected chi connectivity index (χ1v) is 10.7. The van der Waals surface area contributed by atoms with Gasteiger partial charge in [-0.25, -0.2) is 8.42 Å². The Labute approximate surface area is 164 Å². The fourth-order valence-electron chi connectivity index (χ4n) is 3.50. The van der Waals surface area contributed by atoms with Crippen LogP contribution in [0.25, 0.3) is 0 Å². The minimum Gasteiger partial charge on any atom is -0.330 e. The number of sulfone groups is 1. The summed E-state index contributed by atoms with van der Waals surface area (Å²) in [6.45, 7) is 2.81. The monoisotopic (exact) mass is 392 g/mol. The molecule has 142 valence electrons. The molecular formula is C22H20N2O3S. The zero-order valence-electron chi connectivity index (χ0n) is 15.5. The molecule has 6 heteroatoms. The van der Waals surface area contributed by atoms with Crippen LogP contribution >= 0.6 is 0 Å². The Kier molecular flexibility index (Phi) is 4.73. The molecule has 1 aromatic heterocycles. The van der Waals surface area contributed by atoms with Crippen molar-refractivity contribution < 1.29 is 13.2 Å². The Bertz CT molecular complexity index is 1140. The second-order valence-electron chi connectivity index (χ2n) is 7.00. The van der Waals surface area contributed by atoms with E-state index in [-0.39, 0.29) is 22.1 Å². The SMILES string of the molecule is Cc1cc2c(cn1)CN(C(=O)c1ccccc1S(=O)(=O)Cc1ccccc1)C2. The fraction of sp³-hybridized carbons (Fsp3) is 0.182. The van der Waals surface area contributed by atoms with Crippen LogP contribution < -0.4 is 0 Å². The first-order chi connectivity index (χ1) is 13.4. The number of benzene rings is 2. The molecule has 0 N–H and O–H groups in total. The van der Waals surface area contributed by atoms with Gasteiger partial charge in [0.05, 0.1) is 16.2 Å². The molecule has 0 radical (unpaired) electrons. The highest BCUT2D eigenvalue weighted by atomic mass is 32.2. The molecule has 0 bridgehead atoms. The van der Waals surface area contributed by atoms with Crippen LogP contribution in [0, 0.1) is 6.92 Å². The van der Waals surface area contributed by atoms with E-state index in [4.69, 9.17) is 0 Å². The molecule has 0 fully saturated rings. The molecular weight excluding hydrogens is 372 g/mol. The maximum Gasteiger partial charge on any atom is 0.255 e. The second kappa shape index (κ2) is 7.20. The molecule has 28 heavy (non-hydrogen) atoms. The van der Waals surface area contributed by atoms with Crippen molar-refractivity contribution in [2.75, 3.05) is 0 Å². The normalized spacial score (nSPS) is 13.4. The Morgan fingerprint density at radius 3 is 2.46 bits per heavy atom. The van der Waals surface area contributed by atoms with E-state index in [1.54, 1.807) is 53.6 Å². The quantitative estimate of drug-likeness (QED) is 0.681. The third-order valence-electron chi connectivity index (χ3n) is 4.88. The molecule has 0 aliphatic carbocycles. The summed E-state index contributed by atoms with van der Waals surface area (Å²) in [5.41, 5.74) is 3.88. The van der Waals surface area contributed by atoms with Crippen molar-refractivity contribution in [1.82, 2.24) is 9.88 Å². The Morgan fingerprint density at radius 2 is 1.68 bits per heavy atom. The van der Waals surface area contributed by atoms with Gasteiger partial charge in [0.15, 0.2) is 9.84 Å². The van der Waals surface area contributed by atoms with Crippen LogP contribution in [0.5, 0.6) is 0 Å². The van der Waals surface area contributed by atoms with Gasteiger partial charge in [0, 0.05) is 25.0 Å². The van der Waals surface area contributed by atoms with Crippen molar-refractivity contribution in [2.24, 2.45) is 0 Å². The number of rotatable bonds is 4. The Morgan fingerprint density at radius 1 is 1.00 bits per heavy atom. The van der Waals surface area contributed by atoms with Crippen LogP contribution in [0.1, 0.15) is 32.7 Å². The molecule has 0 saturated carbocycles. The lowest BCUT2D eigenvalue weighted by Gasteiger charge is -2.18. The van der Waals surface area contributed by atoms with E-state index >= 15 is 0 Å². The highest BCUT2D eigenvalue weighted by molar-refractivity contribution is 7.90. The number of hydrogen-bond donors (Lipinski definition) is 0. The topological polar surface area (TPSA) is 67.3 Å². The number of nitrogens with zero attached hydrogens (tertiary/aromatic N) is 2. The smallest absolute Gasteiger partial charge is 0.255 e. The molecule has 2 aromatic carbocycles. The summed E-state index contributed by atoms with van der Waals surface area (Å²) in [6, 6.07) is 17.4. The van der Waals surface area contributed by atoms with Crippen LogP contribution in [-0.4, -0.2) is 24.2 Å². The number of fused-ring (bicyclic) bond motifs is 1. The Hall–Kier alpha value is -2.99. The van der Waals surface area contributed by atoms with Crippen LogP contribution in [0.3, 0.4) is 0 Å². The van der Waals surface area contributed by atoms with E-state index in [1.807, 2.05) is 19.1 Å². The van der Waals surface area contributed by atoms with Gasteiger partial charge >= 0.3 is 0 Å². The molecule has 1 amide bonds. The highest BCUT2D eigenvalue weighted by Gasteiger charge is 2.29. The molecule has 0 spiro atoms. The molecule has 1 aliphatic rings. The van der Waals surface area contributed by atoms with Crippen LogP contribution in [-0.2, 0) is 28.7 Å².